The van der Waals surface area contributed by atoms with Crippen molar-refractivity contribution in [3.05, 3.63) is 29.3 Å². The van der Waals surface area contributed by atoms with Crippen LogP contribution in [0.1, 0.15) is 61.9 Å². The number of fused-ring (bicyclic) bond motifs is 1. The summed E-state index contributed by atoms with van der Waals surface area (Å²) in [6.45, 7) is 9.10. The normalized spacial score (nSPS) is 25.5. The second-order valence-corrected chi connectivity index (χ2v) is 9.57. The van der Waals surface area contributed by atoms with E-state index in [0.717, 1.165) is 50.9 Å². The van der Waals surface area contributed by atoms with Gasteiger partial charge in [0.25, 0.3) is 5.91 Å². The van der Waals surface area contributed by atoms with Gasteiger partial charge in [-0.2, -0.15) is 0 Å². The molecule has 0 N–H and O–H groups in total. The molecule has 2 atom stereocenters. The van der Waals surface area contributed by atoms with Gasteiger partial charge in [-0.15, -0.1) is 0 Å². The number of likely N-dealkylation sites (tertiary alicyclic amines) is 2. The summed E-state index contributed by atoms with van der Waals surface area (Å²) in [5.41, 5.74) is 1.16. The number of nitrogens with zero attached hydrogens (tertiary/aromatic N) is 3. The van der Waals surface area contributed by atoms with Crippen molar-refractivity contribution in [2.75, 3.05) is 33.2 Å². The van der Waals surface area contributed by atoms with E-state index < -0.39 is 11.6 Å². The molecule has 3 heterocycles. The Bertz CT molecular complexity index is 816. The summed E-state index contributed by atoms with van der Waals surface area (Å²) in [6.07, 6.45) is 4.94. The van der Waals surface area contributed by atoms with Crippen LogP contribution in [0.3, 0.4) is 0 Å². The van der Waals surface area contributed by atoms with Crippen LogP contribution in [0.5, 0.6) is 5.75 Å². The van der Waals surface area contributed by atoms with Crippen LogP contribution in [0.2, 0.25) is 0 Å². The molecular formula is C24H35N3O3. The minimum absolute atomic E-state index is 0.0646. The van der Waals surface area contributed by atoms with Crippen molar-refractivity contribution < 1.29 is 14.3 Å². The van der Waals surface area contributed by atoms with Crippen molar-refractivity contribution in [3.8, 4) is 5.75 Å². The SMILES string of the molecule is Cc1ccc2c(c1)C(=O)N(C(C)C(=O)N1CCCCC1C)CC1(CCN(C)CC1)O2. The monoisotopic (exact) mass is 413 g/mol. The highest BCUT2D eigenvalue weighted by Gasteiger charge is 2.45. The van der Waals surface area contributed by atoms with Crippen LogP contribution < -0.4 is 4.74 Å². The van der Waals surface area contributed by atoms with Crippen LogP contribution in [0, 0.1) is 6.92 Å². The number of benzene rings is 1. The molecule has 6 heteroatoms. The standard InChI is InChI=1S/C24H35N3O3/c1-17-8-9-21-20(15-17)23(29)27(16-24(30-21)10-13-25(4)14-11-24)19(3)22(28)26-12-6-5-7-18(26)2/h8-9,15,18-19H,5-7,10-14,16H2,1-4H3. The molecular weight excluding hydrogens is 378 g/mol. The molecule has 164 valence electrons. The van der Waals surface area contributed by atoms with Crippen molar-refractivity contribution in [2.24, 2.45) is 0 Å². The van der Waals surface area contributed by atoms with E-state index in [4.69, 9.17) is 4.74 Å². The Labute approximate surface area is 180 Å². The Morgan fingerprint density at radius 2 is 1.93 bits per heavy atom. The Balaban J connectivity index is 1.68. The van der Waals surface area contributed by atoms with Crippen LogP contribution >= 0.6 is 0 Å². The number of carbonyl (C=O) groups is 2. The van der Waals surface area contributed by atoms with E-state index in [-0.39, 0.29) is 17.9 Å². The maximum atomic E-state index is 13.7. The minimum atomic E-state index is -0.496. The first kappa shape index (κ1) is 21.2. The number of ether oxygens (including phenoxy) is 1. The van der Waals surface area contributed by atoms with E-state index >= 15 is 0 Å². The predicted molar refractivity (Wildman–Crippen MR) is 117 cm³/mol. The van der Waals surface area contributed by atoms with Crippen LogP contribution in [-0.4, -0.2) is 77.4 Å². The second-order valence-electron chi connectivity index (χ2n) is 9.57. The molecule has 2 unspecified atom stereocenters. The zero-order valence-electron chi connectivity index (χ0n) is 18.8. The summed E-state index contributed by atoms with van der Waals surface area (Å²) >= 11 is 0. The molecule has 2 fully saturated rings. The quantitative estimate of drug-likeness (QED) is 0.748. The lowest BCUT2D eigenvalue weighted by Crippen LogP contribution is -2.58. The average molecular weight is 414 g/mol. The Morgan fingerprint density at radius 3 is 2.63 bits per heavy atom. The third kappa shape index (κ3) is 3.94. The highest BCUT2D eigenvalue weighted by atomic mass is 16.5. The van der Waals surface area contributed by atoms with Crippen molar-refractivity contribution in [1.29, 1.82) is 0 Å². The first-order chi connectivity index (χ1) is 14.3. The number of piperidine rings is 2. The van der Waals surface area contributed by atoms with E-state index in [0.29, 0.717) is 17.9 Å². The molecule has 0 aliphatic carbocycles. The van der Waals surface area contributed by atoms with Crippen LogP contribution in [-0.2, 0) is 4.79 Å². The molecule has 3 aliphatic heterocycles. The molecule has 30 heavy (non-hydrogen) atoms. The molecule has 1 aromatic carbocycles. The van der Waals surface area contributed by atoms with Gasteiger partial charge < -0.3 is 19.4 Å². The summed E-state index contributed by atoms with van der Waals surface area (Å²) in [6, 6.07) is 5.56. The van der Waals surface area contributed by atoms with Gasteiger partial charge in [-0.05, 0) is 59.2 Å². The summed E-state index contributed by atoms with van der Waals surface area (Å²) in [5.74, 6) is 0.633. The van der Waals surface area contributed by atoms with Gasteiger partial charge in [-0.1, -0.05) is 11.6 Å². The summed E-state index contributed by atoms with van der Waals surface area (Å²) in [5, 5.41) is 0. The third-order valence-corrected chi connectivity index (χ3v) is 7.22. The van der Waals surface area contributed by atoms with Gasteiger partial charge in [0.2, 0.25) is 5.91 Å². The molecule has 1 aromatic rings. The molecule has 0 saturated carbocycles. The lowest BCUT2D eigenvalue weighted by atomic mass is 9.90. The van der Waals surface area contributed by atoms with E-state index in [1.54, 1.807) is 4.90 Å². The zero-order chi connectivity index (χ0) is 21.5. The molecule has 2 amide bonds. The highest BCUT2D eigenvalue weighted by molar-refractivity contribution is 6.00. The largest absolute Gasteiger partial charge is 0.484 e. The molecule has 4 rings (SSSR count). The lowest BCUT2D eigenvalue weighted by Gasteiger charge is -2.43. The molecule has 0 aromatic heterocycles. The van der Waals surface area contributed by atoms with E-state index in [1.165, 1.54) is 6.42 Å². The number of amides is 2. The Hall–Kier alpha value is -2.08. The number of carbonyl (C=O) groups excluding carboxylic acids is 2. The highest BCUT2D eigenvalue weighted by Crippen LogP contribution is 2.37. The Morgan fingerprint density at radius 1 is 1.20 bits per heavy atom. The maximum Gasteiger partial charge on any atom is 0.258 e. The fourth-order valence-electron chi connectivity index (χ4n) is 5.10. The maximum absolute atomic E-state index is 13.7. The topological polar surface area (TPSA) is 53.1 Å². The minimum Gasteiger partial charge on any atom is -0.484 e. The van der Waals surface area contributed by atoms with Crippen molar-refractivity contribution in [1.82, 2.24) is 14.7 Å². The van der Waals surface area contributed by atoms with Gasteiger partial charge in [0.05, 0.1) is 12.1 Å². The molecule has 0 bridgehead atoms. The number of rotatable bonds is 2. The zero-order valence-corrected chi connectivity index (χ0v) is 18.8. The third-order valence-electron chi connectivity index (χ3n) is 7.22. The fraction of sp³-hybridized carbons (Fsp3) is 0.667. The molecule has 0 radical (unpaired) electrons. The molecule has 1 spiro atoms. The smallest absolute Gasteiger partial charge is 0.258 e. The average Bonchev–Trinajstić information content (AvgIpc) is 2.85. The van der Waals surface area contributed by atoms with Crippen LogP contribution in [0.25, 0.3) is 0 Å². The predicted octanol–water partition coefficient (Wildman–Crippen LogP) is 3.08. The van der Waals surface area contributed by atoms with Crippen molar-refractivity contribution >= 4 is 11.8 Å². The van der Waals surface area contributed by atoms with Crippen molar-refractivity contribution in [2.45, 2.75) is 70.6 Å². The van der Waals surface area contributed by atoms with Gasteiger partial charge >= 0.3 is 0 Å². The fourth-order valence-corrected chi connectivity index (χ4v) is 5.10. The van der Waals surface area contributed by atoms with Crippen molar-refractivity contribution in [3.63, 3.8) is 0 Å². The van der Waals surface area contributed by atoms with Crippen LogP contribution in [0.15, 0.2) is 18.2 Å². The second kappa shape index (κ2) is 8.22. The van der Waals surface area contributed by atoms with E-state index in [9.17, 15) is 9.59 Å². The van der Waals surface area contributed by atoms with E-state index in [2.05, 4.69) is 18.9 Å². The molecule has 2 saturated heterocycles. The first-order valence-corrected chi connectivity index (χ1v) is 11.4. The van der Waals surface area contributed by atoms with Gasteiger partial charge in [-0.25, -0.2) is 0 Å². The first-order valence-electron chi connectivity index (χ1n) is 11.4. The summed E-state index contributed by atoms with van der Waals surface area (Å²) in [4.78, 5) is 33.2. The number of hydrogen-bond donors (Lipinski definition) is 0. The summed E-state index contributed by atoms with van der Waals surface area (Å²) < 4.78 is 6.57. The molecule has 3 aliphatic rings. The van der Waals surface area contributed by atoms with Crippen LogP contribution in [0.4, 0.5) is 0 Å². The number of aryl methyl sites for hydroxylation is 1. The Kier molecular flexibility index (Phi) is 5.80. The van der Waals surface area contributed by atoms with Gasteiger partial charge in [0, 0.05) is 38.5 Å². The van der Waals surface area contributed by atoms with E-state index in [1.807, 2.05) is 36.9 Å². The van der Waals surface area contributed by atoms with Gasteiger partial charge in [-0.3, -0.25) is 9.59 Å². The molecule has 6 nitrogen and oxygen atoms in total. The van der Waals surface area contributed by atoms with Gasteiger partial charge in [0.15, 0.2) is 0 Å². The van der Waals surface area contributed by atoms with Gasteiger partial charge in [0.1, 0.15) is 17.4 Å². The lowest BCUT2D eigenvalue weighted by molar-refractivity contribution is -0.139. The summed E-state index contributed by atoms with van der Waals surface area (Å²) in [7, 11) is 2.12. The number of hydrogen-bond acceptors (Lipinski definition) is 4.